The predicted molar refractivity (Wildman–Crippen MR) is 118 cm³/mol. The van der Waals surface area contributed by atoms with Crippen molar-refractivity contribution < 1.29 is 17.6 Å². The number of amides is 1. The molecule has 0 saturated carbocycles. The Balaban J connectivity index is 1.73. The van der Waals surface area contributed by atoms with Crippen LogP contribution in [-0.2, 0) is 27.8 Å². The Labute approximate surface area is 181 Å². The molecule has 31 heavy (non-hydrogen) atoms. The van der Waals surface area contributed by atoms with Crippen molar-refractivity contribution in [2.24, 2.45) is 0 Å². The van der Waals surface area contributed by atoms with Crippen molar-refractivity contribution in [2.75, 3.05) is 5.32 Å². The van der Waals surface area contributed by atoms with E-state index >= 15 is 0 Å². The van der Waals surface area contributed by atoms with Crippen LogP contribution in [-0.4, -0.2) is 24.7 Å². The molecule has 1 aliphatic heterocycles. The number of benzene rings is 3. The summed E-state index contributed by atoms with van der Waals surface area (Å²) >= 11 is 0. The van der Waals surface area contributed by atoms with Crippen molar-refractivity contribution in [3.05, 3.63) is 94.8 Å². The van der Waals surface area contributed by atoms with Crippen molar-refractivity contribution >= 4 is 21.6 Å². The molecule has 7 heteroatoms. The van der Waals surface area contributed by atoms with Crippen molar-refractivity contribution in [1.82, 2.24) is 4.31 Å². The highest BCUT2D eigenvalue weighted by molar-refractivity contribution is 7.89. The number of hydrogen-bond acceptors (Lipinski definition) is 3. The summed E-state index contributed by atoms with van der Waals surface area (Å²) in [6.45, 7) is 3.93. The second-order valence-electron chi connectivity index (χ2n) is 7.73. The van der Waals surface area contributed by atoms with E-state index in [9.17, 15) is 17.6 Å². The predicted octanol–water partition coefficient (Wildman–Crippen LogP) is 4.20. The highest BCUT2D eigenvalue weighted by Gasteiger charge is 2.39. The van der Waals surface area contributed by atoms with Crippen molar-refractivity contribution in [3.8, 4) is 0 Å². The summed E-state index contributed by atoms with van der Waals surface area (Å²) in [4.78, 5) is 13.3. The molecule has 0 radical (unpaired) electrons. The normalized spacial score (nSPS) is 16.5. The van der Waals surface area contributed by atoms with E-state index in [-0.39, 0.29) is 17.9 Å². The molecule has 1 N–H and O–H groups in total. The molecule has 0 unspecified atom stereocenters. The maximum atomic E-state index is 13.4. The molecule has 0 bridgehead atoms. The van der Waals surface area contributed by atoms with Gasteiger partial charge in [0.25, 0.3) is 0 Å². The maximum absolute atomic E-state index is 13.4. The van der Waals surface area contributed by atoms with Gasteiger partial charge in [-0.1, -0.05) is 36.4 Å². The summed E-state index contributed by atoms with van der Waals surface area (Å²) in [7, 11) is -4.02. The van der Waals surface area contributed by atoms with Gasteiger partial charge in [0.1, 0.15) is 11.9 Å². The number of anilines is 1. The van der Waals surface area contributed by atoms with Gasteiger partial charge in [0.15, 0.2) is 0 Å². The van der Waals surface area contributed by atoms with Crippen LogP contribution in [0.15, 0.2) is 71.6 Å². The van der Waals surface area contributed by atoms with Crippen LogP contribution in [0.4, 0.5) is 10.1 Å². The lowest BCUT2D eigenvalue weighted by Gasteiger charge is -2.35. The number of carbonyl (C=O) groups excluding carboxylic acids is 1. The fourth-order valence-electron chi connectivity index (χ4n) is 3.82. The van der Waals surface area contributed by atoms with Crippen LogP contribution in [0.3, 0.4) is 0 Å². The number of fused-ring (bicyclic) bond motifs is 1. The van der Waals surface area contributed by atoms with Gasteiger partial charge >= 0.3 is 0 Å². The molecule has 5 nitrogen and oxygen atoms in total. The molecule has 0 spiro atoms. The zero-order valence-corrected chi connectivity index (χ0v) is 18.1. The van der Waals surface area contributed by atoms with E-state index in [4.69, 9.17) is 0 Å². The number of hydrogen-bond donors (Lipinski definition) is 1. The van der Waals surface area contributed by atoms with Crippen LogP contribution >= 0.6 is 0 Å². The van der Waals surface area contributed by atoms with Gasteiger partial charge in [0.05, 0.1) is 4.90 Å². The van der Waals surface area contributed by atoms with Gasteiger partial charge in [-0.2, -0.15) is 4.31 Å². The lowest BCUT2D eigenvalue weighted by molar-refractivity contribution is -0.120. The Morgan fingerprint density at radius 2 is 1.65 bits per heavy atom. The second kappa shape index (κ2) is 8.24. The van der Waals surface area contributed by atoms with Crippen LogP contribution in [0.5, 0.6) is 0 Å². The van der Waals surface area contributed by atoms with Crippen molar-refractivity contribution in [1.29, 1.82) is 0 Å². The number of rotatable bonds is 4. The van der Waals surface area contributed by atoms with E-state index in [2.05, 4.69) is 5.32 Å². The van der Waals surface area contributed by atoms with Gasteiger partial charge in [0, 0.05) is 12.2 Å². The number of halogens is 1. The molecule has 1 atom stereocenters. The fraction of sp³-hybridized carbons (Fsp3) is 0.208. The average Bonchev–Trinajstić information content (AvgIpc) is 2.76. The third kappa shape index (κ3) is 4.11. The second-order valence-corrected chi connectivity index (χ2v) is 9.62. The Kier molecular flexibility index (Phi) is 5.64. The van der Waals surface area contributed by atoms with Gasteiger partial charge in [-0.05, 0) is 72.9 Å². The van der Waals surface area contributed by atoms with E-state index in [1.165, 1.54) is 16.4 Å². The first-order valence-electron chi connectivity index (χ1n) is 9.98. The summed E-state index contributed by atoms with van der Waals surface area (Å²) in [6, 6.07) is 16.8. The molecule has 1 amide bonds. The van der Waals surface area contributed by atoms with Crippen LogP contribution in [0.1, 0.15) is 22.3 Å². The third-order valence-corrected chi connectivity index (χ3v) is 7.66. The number of aryl methyl sites for hydroxylation is 1. The largest absolute Gasteiger partial charge is 0.324 e. The highest BCUT2D eigenvalue weighted by Crippen LogP contribution is 2.30. The first-order chi connectivity index (χ1) is 14.8. The molecule has 0 saturated heterocycles. The van der Waals surface area contributed by atoms with Crippen molar-refractivity contribution in [3.63, 3.8) is 0 Å². The molecular formula is C24H23FN2O3S. The van der Waals surface area contributed by atoms with E-state index in [1.54, 1.807) is 6.07 Å². The van der Waals surface area contributed by atoms with Crippen molar-refractivity contribution in [2.45, 2.75) is 37.8 Å². The monoisotopic (exact) mass is 438 g/mol. The van der Waals surface area contributed by atoms with Crippen LogP contribution in [0, 0.1) is 19.7 Å². The smallest absolute Gasteiger partial charge is 0.244 e. The number of nitrogens with zero attached hydrogens (tertiary/aromatic N) is 1. The average molecular weight is 439 g/mol. The van der Waals surface area contributed by atoms with E-state index in [0.717, 1.165) is 34.4 Å². The molecule has 1 aliphatic rings. The van der Waals surface area contributed by atoms with Gasteiger partial charge in [-0.15, -0.1) is 0 Å². The molecule has 0 aromatic heterocycles. The molecule has 0 fully saturated rings. The van der Waals surface area contributed by atoms with E-state index in [0.29, 0.717) is 5.69 Å². The minimum absolute atomic E-state index is 0.0437. The first kappa shape index (κ1) is 21.2. The van der Waals surface area contributed by atoms with Gasteiger partial charge in [0.2, 0.25) is 15.9 Å². The van der Waals surface area contributed by atoms with Gasteiger partial charge in [-0.3, -0.25) is 4.79 Å². The van der Waals surface area contributed by atoms with E-state index < -0.39 is 27.8 Å². The number of carbonyl (C=O) groups is 1. The molecule has 0 aliphatic carbocycles. The summed E-state index contributed by atoms with van der Waals surface area (Å²) in [5.74, 6) is -0.916. The molecule has 160 valence electrons. The topological polar surface area (TPSA) is 66.5 Å². The zero-order valence-electron chi connectivity index (χ0n) is 17.3. The fourth-order valence-corrected chi connectivity index (χ4v) is 5.38. The molecule has 4 rings (SSSR count). The Bertz CT molecular complexity index is 1240. The number of sulfonamides is 1. The standard InChI is InChI=1S/C24H23FN2O3S/c1-16-6-5-9-22(17(16)2)26-24(28)23-14-18-7-3-4-8-19(18)15-27(23)31(29,30)21-12-10-20(25)11-13-21/h3-13,23H,14-15H2,1-2H3,(H,26,28)/t23-/m0/s1. The Morgan fingerprint density at radius 1 is 0.968 bits per heavy atom. The first-order valence-corrected chi connectivity index (χ1v) is 11.4. The minimum Gasteiger partial charge on any atom is -0.324 e. The summed E-state index contributed by atoms with van der Waals surface area (Å²) < 4.78 is 41.4. The quantitative estimate of drug-likeness (QED) is 0.664. The van der Waals surface area contributed by atoms with E-state index in [1.807, 2.05) is 50.2 Å². The molecular weight excluding hydrogens is 415 g/mol. The summed E-state index contributed by atoms with van der Waals surface area (Å²) in [6.07, 6.45) is 0.257. The lowest BCUT2D eigenvalue weighted by atomic mass is 9.95. The van der Waals surface area contributed by atoms with Gasteiger partial charge < -0.3 is 5.32 Å². The molecule has 3 aromatic carbocycles. The Hall–Kier alpha value is -3.03. The number of nitrogens with one attached hydrogen (secondary N) is 1. The SMILES string of the molecule is Cc1cccc(NC(=O)[C@@H]2Cc3ccccc3CN2S(=O)(=O)c2ccc(F)cc2)c1C. The zero-order chi connectivity index (χ0) is 22.2. The Morgan fingerprint density at radius 3 is 2.35 bits per heavy atom. The minimum atomic E-state index is -4.02. The third-order valence-electron chi connectivity index (χ3n) is 5.79. The highest BCUT2D eigenvalue weighted by atomic mass is 32.2. The summed E-state index contributed by atoms with van der Waals surface area (Å²) in [5.41, 5.74) is 4.41. The van der Waals surface area contributed by atoms with Crippen LogP contribution in [0.2, 0.25) is 0 Å². The summed E-state index contributed by atoms with van der Waals surface area (Å²) in [5, 5.41) is 2.91. The maximum Gasteiger partial charge on any atom is 0.244 e. The van der Waals surface area contributed by atoms with Crippen LogP contribution < -0.4 is 5.32 Å². The lowest BCUT2D eigenvalue weighted by Crippen LogP contribution is -2.50. The van der Waals surface area contributed by atoms with Crippen LogP contribution in [0.25, 0.3) is 0 Å². The molecule has 1 heterocycles. The van der Waals surface area contributed by atoms with Gasteiger partial charge in [-0.25, -0.2) is 12.8 Å². The molecule has 3 aromatic rings.